The average molecular weight is 343 g/mol. The number of carboxylic acids is 1. The molecule has 7 heteroatoms. The lowest BCUT2D eigenvalue weighted by Crippen LogP contribution is -2.40. The molecule has 20 heavy (non-hydrogen) atoms. The van der Waals surface area contributed by atoms with E-state index in [0.29, 0.717) is 23.3 Å². The van der Waals surface area contributed by atoms with Crippen LogP contribution in [0.4, 0.5) is 5.69 Å². The Balaban J connectivity index is 1.96. The van der Waals surface area contributed by atoms with Gasteiger partial charge in [0.2, 0.25) is 5.91 Å². The van der Waals surface area contributed by atoms with Crippen molar-refractivity contribution in [3.05, 3.63) is 28.2 Å². The maximum Gasteiger partial charge on any atom is 0.336 e. The van der Waals surface area contributed by atoms with Gasteiger partial charge in [-0.3, -0.25) is 4.79 Å². The predicted molar refractivity (Wildman–Crippen MR) is 77.0 cm³/mol. The number of carboxylic acid groups (broad SMARTS) is 1. The third-order valence-corrected chi connectivity index (χ3v) is 3.59. The molecule has 1 atom stereocenters. The maximum atomic E-state index is 11.9. The van der Waals surface area contributed by atoms with Crippen molar-refractivity contribution in [3.8, 4) is 0 Å². The fraction of sp³-hybridized carbons (Fsp3) is 0.385. The summed E-state index contributed by atoms with van der Waals surface area (Å²) < 4.78 is 5.92. The van der Waals surface area contributed by atoms with E-state index in [-0.39, 0.29) is 24.0 Å². The van der Waals surface area contributed by atoms with Crippen LogP contribution in [0.2, 0.25) is 0 Å². The van der Waals surface area contributed by atoms with Gasteiger partial charge in [0.15, 0.2) is 0 Å². The van der Waals surface area contributed by atoms with Gasteiger partial charge in [0.25, 0.3) is 0 Å². The van der Waals surface area contributed by atoms with Crippen LogP contribution in [0, 0.1) is 0 Å². The van der Waals surface area contributed by atoms with Crippen LogP contribution >= 0.6 is 15.9 Å². The van der Waals surface area contributed by atoms with E-state index >= 15 is 0 Å². The number of benzene rings is 1. The van der Waals surface area contributed by atoms with Gasteiger partial charge in [0, 0.05) is 23.2 Å². The van der Waals surface area contributed by atoms with E-state index < -0.39 is 5.97 Å². The van der Waals surface area contributed by atoms with Gasteiger partial charge in [0.1, 0.15) is 0 Å². The maximum absolute atomic E-state index is 11.9. The van der Waals surface area contributed by atoms with Gasteiger partial charge in [-0.1, -0.05) is 0 Å². The predicted octanol–water partition coefficient (Wildman–Crippen LogP) is 1.46. The van der Waals surface area contributed by atoms with Crippen molar-refractivity contribution in [3.63, 3.8) is 0 Å². The number of amides is 1. The van der Waals surface area contributed by atoms with E-state index in [9.17, 15) is 9.59 Å². The van der Waals surface area contributed by atoms with E-state index in [1.54, 1.807) is 12.1 Å². The summed E-state index contributed by atoms with van der Waals surface area (Å²) in [5.41, 5.74) is 0.567. The molecule has 1 unspecified atom stereocenters. The lowest BCUT2D eigenvalue weighted by Gasteiger charge is -2.23. The first-order chi connectivity index (χ1) is 9.56. The first-order valence-corrected chi connectivity index (χ1v) is 7.00. The van der Waals surface area contributed by atoms with Crippen LogP contribution in [-0.2, 0) is 9.53 Å². The molecule has 0 aliphatic carbocycles. The van der Waals surface area contributed by atoms with Crippen molar-refractivity contribution in [2.24, 2.45) is 0 Å². The quantitative estimate of drug-likeness (QED) is 0.771. The number of aromatic carboxylic acids is 1. The van der Waals surface area contributed by atoms with Gasteiger partial charge in [0.05, 0.1) is 24.7 Å². The number of carbonyl (C=O) groups excluding carboxylic acids is 1. The molecule has 3 N–H and O–H groups in total. The van der Waals surface area contributed by atoms with Crippen molar-refractivity contribution in [1.82, 2.24) is 5.32 Å². The van der Waals surface area contributed by atoms with Crippen LogP contribution in [-0.4, -0.2) is 42.8 Å². The zero-order valence-corrected chi connectivity index (χ0v) is 12.3. The number of rotatable bonds is 4. The molecule has 108 valence electrons. The highest BCUT2D eigenvalue weighted by molar-refractivity contribution is 9.10. The Bertz CT molecular complexity index is 515. The van der Waals surface area contributed by atoms with Gasteiger partial charge in [-0.05, 0) is 34.1 Å². The van der Waals surface area contributed by atoms with E-state index in [2.05, 4.69) is 26.6 Å². The van der Waals surface area contributed by atoms with Gasteiger partial charge >= 0.3 is 5.97 Å². The third-order valence-electron chi connectivity index (χ3n) is 2.90. The number of hydrogen-bond acceptors (Lipinski definition) is 4. The van der Waals surface area contributed by atoms with Crippen LogP contribution < -0.4 is 10.6 Å². The number of ether oxygens (including phenoxy) is 1. The Morgan fingerprint density at radius 2 is 2.30 bits per heavy atom. The standard InChI is InChI=1S/C13H15BrN2O4/c14-11-2-1-8(5-10(11)13(18)19)16-12(17)6-9-7-15-3-4-20-9/h1-2,5,9,15H,3-4,6-7H2,(H,16,17)(H,18,19). The summed E-state index contributed by atoms with van der Waals surface area (Å²) in [6, 6.07) is 4.66. The van der Waals surface area contributed by atoms with Gasteiger partial charge in [-0.15, -0.1) is 0 Å². The van der Waals surface area contributed by atoms with Gasteiger partial charge in [-0.2, -0.15) is 0 Å². The molecule has 0 radical (unpaired) electrons. The molecular weight excluding hydrogens is 328 g/mol. The molecule has 1 aromatic carbocycles. The van der Waals surface area contributed by atoms with Crippen molar-refractivity contribution >= 4 is 33.5 Å². The second-order valence-electron chi connectivity index (χ2n) is 4.45. The molecule has 1 aliphatic heterocycles. The van der Waals surface area contributed by atoms with Crippen LogP contribution in [0.15, 0.2) is 22.7 Å². The highest BCUT2D eigenvalue weighted by Gasteiger charge is 2.18. The molecule has 2 rings (SSSR count). The molecule has 0 aromatic heterocycles. The second-order valence-corrected chi connectivity index (χ2v) is 5.30. The fourth-order valence-corrected chi connectivity index (χ4v) is 2.35. The van der Waals surface area contributed by atoms with Crippen LogP contribution in [0.3, 0.4) is 0 Å². The summed E-state index contributed by atoms with van der Waals surface area (Å²) in [6.07, 6.45) is 0.101. The Morgan fingerprint density at radius 3 is 2.95 bits per heavy atom. The minimum absolute atomic E-state index is 0.110. The van der Waals surface area contributed by atoms with Crippen LogP contribution in [0.5, 0.6) is 0 Å². The van der Waals surface area contributed by atoms with Crippen LogP contribution in [0.25, 0.3) is 0 Å². The zero-order valence-electron chi connectivity index (χ0n) is 10.7. The van der Waals surface area contributed by atoms with Crippen molar-refractivity contribution in [2.75, 3.05) is 25.0 Å². The highest BCUT2D eigenvalue weighted by atomic mass is 79.9. The second kappa shape index (κ2) is 6.83. The summed E-state index contributed by atoms with van der Waals surface area (Å²) in [6.45, 7) is 2.04. The normalized spacial score (nSPS) is 18.6. The van der Waals surface area contributed by atoms with E-state index in [0.717, 1.165) is 6.54 Å². The molecule has 0 bridgehead atoms. The fourth-order valence-electron chi connectivity index (χ4n) is 1.94. The molecule has 1 fully saturated rings. The van der Waals surface area contributed by atoms with Gasteiger partial charge in [-0.25, -0.2) is 4.79 Å². The summed E-state index contributed by atoms with van der Waals surface area (Å²) in [5.74, 6) is -1.25. The van der Waals surface area contributed by atoms with Gasteiger partial charge < -0.3 is 20.5 Å². The van der Waals surface area contributed by atoms with Crippen molar-refractivity contribution < 1.29 is 19.4 Å². The molecule has 1 aromatic rings. The SMILES string of the molecule is O=C(CC1CNCCO1)Nc1ccc(Br)c(C(=O)O)c1. The molecule has 0 spiro atoms. The minimum Gasteiger partial charge on any atom is -0.478 e. The number of morpholine rings is 1. The summed E-state index contributed by atoms with van der Waals surface area (Å²) >= 11 is 3.16. The number of hydrogen-bond donors (Lipinski definition) is 3. The Labute approximate surface area is 124 Å². The number of carbonyl (C=O) groups is 2. The number of anilines is 1. The lowest BCUT2D eigenvalue weighted by atomic mass is 10.2. The minimum atomic E-state index is -1.05. The monoisotopic (exact) mass is 342 g/mol. The summed E-state index contributed by atoms with van der Waals surface area (Å²) in [4.78, 5) is 22.9. The highest BCUT2D eigenvalue weighted by Crippen LogP contribution is 2.21. The molecule has 6 nitrogen and oxygen atoms in total. The molecule has 1 amide bonds. The van der Waals surface area contributed by atoms with Crippen LogP contribution in [0.1, 0.15) is 16.8 Å². The summed E-state index contributed by atoms with van der Waals surface area (Å²) in [7, 11) is 0. The van der Waals surface area contributed by atoms with E-state index in [4.69, 9.17) is 9.84 Å². The van der Waals surface area contributed by atoms with E-state index in [1.807, 2.05) is 0 Å². The molecule has 1 saturated heterocycles. The molecule has 1 heterocycles. The van der Waals surface area contributed by atoms with E-state index in [1.165, 1.54) is 6.07 Å². The lowest BCUT2D eigenvalue weighted by molar-refractivity contribution is -0.119. The Hall–Kier alpha value is -1.44. The van der Waals surface area contributed by atoms with Crippen molar-refractivity contribution in [2.45, 2.75) is 12.5 Å². The number of nitrogens with one attached hydrogen (secondary N) is 2. The topological polar surface area (TPSA) is 87.7 Å². The molecular formula is C13H15BrN2O4. The first kappa shape index (κ1) is 15.0. The number of halogens is 1. The average Bonchev–Trinajstić information content (AvgIpc) is 2.41. The smallest absolute Gasteiger partial charge is 0.336 e. The Morgan fingerprint density at radius 1 is 1.50 bits per heavy atom. The molecule has 1 aliphatic rings. The zero-order chi connectivity index (χ0) is 14.5. The third kappa shape index (κ3) is 4.03. The first-order valence-electron chi connectivity index (χ1n) is 6.21. The summed E-state index contributed by atoms with van der Waals surface area (Å²) in [5, 5.41) is 14.8. The van der Waals surface area contributed by atoms with Crippen molar-refractivity contribution in [1.29, 1.82) is 0 Å². The molecule has 0 saturated carbocycles. The Kier molecular flexibility index (Phi) is 5.11. The largest absolute Gasteiger partial charge is 0.478 e.